The van der Waals surface area contributed by atoms with Crippen LogP contribution >= 0.6 is 46.4 Å². The first kappa shape index (κ1) is 22.6. The Morgan fingerprint density at radius 2 is 1.57 bits per heavy atom. The van der Waals surface area contributed by atoms with Crippen molar-refractivity contribution >= 4 is 63.7 Å². The zero-order valence-corrected chi connectivity index (χ0v) is 19.0. The molecule has 3 aromatic carbocycles. The summed E-state index contributed by atoms with van der Waals surface area (Å²) < 4.78 is 5.54. The molecule has 0 atom stereocenters. The first-order chi connectivity index (χ1) is 14.3. The summed E-state index contributed by atoms with van der Waals surface area (Å²) in [6, 6.07) is 16.0. The first-order valence-electron chi connectivity index (χ1n) is 8.98. The second kappa shape index (κ2) is 10.3. The van der Waals surface area contributed by atoms with Crippen LogP contribution < -0.4 is 15.4 Å². The van der Waals surface area contributed by atoms with Crippen LogP contribution in [-0.2, 0) is 11.3 Å². The number of amides is 1. The molecule has 1 amide bonds. The standard InChI is InChI=1S/C22H18Cl4N2O2/c1-13-2-4-16(10-18(13)24)28-22(29)12-30-21-7-3-14(8-20(21)26)11-27-15-5-6-17(23)19(25)9-15/h2-10,27H,11-12H2,1H3,(H,28,29). The van der Waals surface area contributed by atoms with Gasteiger partial charge in [-0.1, -0.05) is 58.5 Å². The molecule has 0 heterocycles. The van der Waals surface area contributed by atoms with Crippen LogP contribution in [0, 0.1) is 6.92 Å². The van der Waals surface area contributed by atoms with Crippen LogP contribution in [0.1, 0.15) is 11.1 Å². The molecule has 0 aliphatic rings. The number of anilines is 2. The second-order valence-electron chi connectivity index (χ2n) is 6.55. The smallest absolute Gasteiger partial charge is 0.262 e. The highest BCUT2D eigenvalue weighted by molar-refractivity contribution is 6.42. The van der Waals surface area contributed by atoms with E-state index in [9.17, 15) is 4.79 Å². The molecule has 3 aromatic rings. The lowest BCUT2D eigenvalue weighted by molar-refractivity contribution is -0.118. The molecule has 0 fully saturated rings. The van der Waals surface area contributed by atoms with Gasteiger partial charge >= 0.3 is 0 Å². The van der Waals surface area contributed by atoms with E-state index in [4.69, 9.17) is 51.1 Å². The number of nitrogens with one attached hydrogen (secondary N) is 2. The third kappa shape index (κ3) is 6.19. The fourth-order valence-electron chi connectivity index (χ4n) is 2.59. The Kier molecular flexibility index (Phi) is 7.73. The third-order valence-corrected chi connectivity index (χ3v) is 5.67. The molecule has 0 unspecified atom stereocenters. The summed E-state index contributed by atoms with van der Waals surface area (Å²) in [5.41, 5.74) is 3.33. The van der Waals surface area contributed by atoms with Crippen molar-refractivity contribution in [2.75, 3.05) is 17.2 Å². The molecule has 30 heavy (non-hydrogen) atoms. The minimum atomic E-state index is -0.309. The van der Waals surface area contributed by atoms with E-state index in [1.165, 1.54) is 0 Å². The van der Waals surface area contributed by atoms with Crippen LogP contribution in [0.15, 0.2) is 54.6 Å². The highest BCUT2D eigenvalue weighted by Gasteiger charge is 2.09. The van der Waals surface area contributed by atoms with Gasteiger partial charge < -0.3 is 15.4 Å². The molecular formula is C22H18Cl4N2O2. The number of ether oxygens (including phenoxy) is 1. The number of hydrogen-bond acceptors (Lipinski definition) is 3. The van der Waals surface area contributed by atoms with Gasteiger partial charge in [0.1, 0.15) is 5.75 Å². The first-order valence-corrected chi connectivity index (χ1v) is 10.5. The maximum absolute atomic E-state index is 12.1. The topological polar surface area (TPSA) is 50.4 Å². The second-order valence-corrected chi connectivity index (χ2v) is 8.18. The lowest BCUT2D eigenvalue weighted by Gasteiger charge is -2.12. The minimum Gasteiger partial charge on any atom is -0.482 e. The number of halogens is 4. The van der Waals surface area contributed by atoms with E-state index in [0.717, 1.165) is 16.8 Å². The SMILES string of the molecule is Cc1ccc(NC(=O)COc2ccc(CNc3ccc(Cl)c(Cl)c3)cc2Cl)cc1Cl. The number of aryl methyl sites for hydroxylation is 1. The van der Waals surface area contributed by atoms with Gasteiger partial charge in [-0.3, -0.25) is 4.79 Å². The van der Waals surface area contributed by atoms with Crippen molar-refractivity contribution in [1.82, 2.24) is 0 Å². The van der Waals surface area contributed by atoms with Gasteiger partial charge in [-0.15, -0.1) is 0 Å². The molecule has 0 aromatic heterocycles. The zero-order valence-electron chi connectivity index (χ0n) is 15.9. The number of carbonyl (C=O) groups excluding carboxylic acids is 1. The van der Waals surface area contributed by atoms with Gasteiger partial charge in [0.2, 0.25) is 0 Å². The summed E-state index contributed by atoms with van der Waals surface area (Å²) in [5, 5.41) is 7.96. The lowest BCUT2D eigenvalue weighted by atomic mass is 10.2. The Morgan fingerprint density at radius 3 is 2.27 bits per heavy atom. The van der Waals surface area contributed by atoms with Crippen LogP contribution in [0.3, 0.4) is 0 Å². The van der Waals surface area contributed by atoms with Crippen LogP contribution in [0.4, 0.5) is 11.4 Å². The summed E-state index contributed by atoms with van der Waals surface area (Å²) in [7, 11) is 0. The molecule has 156 valence electrons. The molecule has 0 saturated heterocycles. The van der Waals surface area contributed by atoms with Gasteiger partial charge in [-0.05, 0) is 60.5 Å². The van der Waals surface area contributed by atoms with Gasteiger partial charge in [0.15, 0.2) is 6.61 Å². The molecule has 4 nitrogen and oxygen atoms in total. The lowest BCUT2D eigenvalue weighted by Crippen LogP contribution is -2.20. The number of carbonyl (C=O) groups is 1. The van der Waals surface area contributed by atoms with Crippen molar-refractivity contribution in [2.24, 2.45) is 0 Å². The maximum atomic E-state index is 12.1. The van der Waals surface area contributed by atoms with E-state index in [1.807, 2.05) is 25.1 Å². The predicted octanol–water partition coefficient (Wildman–Crippen LogP) is 7.24. The molecule has 0 radical (unpaired) electrons. The maximum Gasteiger partial charge on any atom is 0.262 e. The molecule has 0 aliphatic carbocycles. The van der Waals surface area contributed by atoms with Crippen molar-refractivity contribution in [3.63, 3.8) is 0 Å². The van der Waals surface area contributed by atoms with Crippen LogP contribution in [-0.4, -0.2) is 12.5 Å². The highest BCUT2D eigenvalue weighted by atomic mass is 35.5. The van der Waals surface area contributed by atoms with E-state index in [1.54, 1.807) is 36.4 Å². The summed E-state index contributed by atoms with van der Waals surface area (Å²) in [4.78, 5) is 12.1. The zero-order chi connectivity index (χ0) is 21.7. The van der Waals surface area contributed by atoms with Gasteiger partial charge in [0.25, 0.3) is 5.91 Å². The minimum absolute atomic E-state index is 0.175. The molecule has 3 rings (SSSR count). The summed E-state index contributed by atoms with van der Waals surface area (Å²) in [5.74, 6) is 0.114. The Bertz CT molecular complexity index is 1070. The Morgan fingerprint density at radius 1 is 0.833 bits per heavy atom. The summed E-state index contributed by atoms with van der Waals surface area (Å²) >= 11 is 24.3. The molecular weight excluding hydrogens is 466 g/mol. The van der Waals surface area contributed by atoms with Gasteiger partial charge in [-0.2, -0.15) is 0 Å². The van der Waals surface area contributed by atoms with E-state index in [0.29, 0.717) is 38.1 Å². The van der Waals surface area contributed by atoms with Crippen molar-refractivity contribution in [2.45, 2.75) is 13.5 Å². The largest absolute Gasteiger partial charge is 0.482 e. The normalized spacial score (nSPS) is 10.6. The van der Waals surface area contributed by atoms with Crippen LogP contribution in [0.5, 0.6) is 5.75 Å². The van der Waals surface area contributed by atoms with Gasteiger partial charge in [0, 0.05) is 22.9 Å². The van der Waals surface area contributed by atoms with E-state index >= 15 is 0 Å². The van der Waals surface area contributed by atoms with Crippen molar-refractivity contribution in [3.8, 4) is 5.75 Å². The van der Waals surface area contributed by atoms with Crippen molar-refractivity contribution in [1.29, 1.82) is 0 Å². The predicted molar refractivity (Wildman–Crippen MR) is 126 cm³/mol. The number of hydrogen-bond donors (Lipinski definition) is 2. The monoisotopic (exact) mass is 482 g/mol. The Hall–Kier alpha value is -2.11. The highest BCUT2D eigenvalue weighted by Crippen LogP contribution is 2.28. The van der Waals surface area contributed by atoms with E-state index in [2.05, 4.69) is 10.6 Å². The van der Waals surface area contributed by atoms with E-state index in [-0.39, 0.29) is 12.5 Å². The Labute approximate surface area is 195 Å². The molecule has 8 heteroatoms. The van der Waals surface area contributed by atoms with Crippen LogP contribution in [0.25, 0.3) is 0 Å². The fourth-order valence-corrected chi connectivity index (χ4v) is 3.33. The van der Waals surface area contributed by atoms with Gasteiger partial charge in [-0.25, -0.2) is 0 Å². The number of rotatable bonds is 7. The Balaban J connectivity index is 1.53. The van der Waals surface area contributed by atoms with Crippen LogP contribution in [0.2, 0.25) is 20.1 Å². The molecule has 0 saturated carbocycles. The fraction of sp³-hybridized carbons (Fsp3) is 0.136. The average Bonchev–Trinajstić information content (AvgIpc) is 2.71. The average molecular weight is 484 g/mol. The molecule has 2 N–H and O–H groups in total. The molecule has 0 spiro atoms. The van der Waals surface area contributed by atoms with E-state index < -0.39 is 0 Å². The molecule has 0 bridgehead atoms. The quantitative estimate of drug-likeness (QED) is 0.372. The summed E-state index contributed by atoms with van der Waals surface area (Å²) in [6.07, 6.45) is 0. The summed E-state index contributed by atoms with van der Waals surface area (Å²) in [6.45, 7) is 2.25. The molecule has 0 aliphatic heterocycles. The van der Waals surface area contributed by atoms with Crippen molar-refractivity contribution in [3.05, 3.63) is 85.8 Å². The van der Waals surface area contributed by atoms with Gasteiger partial charge in [0.05, 0.1) is 15.1 Å². The number of benzene rings is 3. The van der Waals surface area contributed by atoms with Crippen molar-refractivity contribution < 1.29 is 9.53 Å². The third-order valence-electron chi connectivity index (χ3n) is 4.23.